The van der Waals surface area contributed by atoms with Gasteiger partial charge in [0.2, 0.25) is 0 Å². The fourth-order valence-corrected chi connectivity index (χ4v) is 2.74. The van der Waals surface area contributed by atoms with E-state index in [0.29, 0.717) is 0 Å². The lowest BCUT2D eigenvalue weighted by atomic mass is 9.99. The molecule has 1 heterocycles. The van der Waals surface area contributed by atoms with Crippen LogP contribution in [0.4, 0.5) is 13.2 Å². The second-order valence-corrected chi connectivity index (χ2v) is 5.42. The third-order valence-electron chi connectivity index (χ3n) is 3.77. The van der Waals surface area contributed by atoms with E-state index in [1.807, 2.05) is 12.1 Å². The third-order valence-corrected chi connectivity index (χ3v) is 3.77. The summed E-state index contributed by atoms with van der Waals surface area (Å²) in [5.74, 6) is -0.180. The summed E-state index contributed by atoms with van der Waals surface area (Å²) < 4.78 is 40.3. The molecule has 3 rings (SSSR count). The smallest absolute Gasteiger partial charge is 0.406 e. The summed E-state index contributed by atoms with van der Waals surface area (Å²) in [6.45, 7) is 2.55. The number of nitrogens with zero attached hydrogens (tertiary/aromatic N) is 1. The molecule has 0 saturated carbocycles. The quantitative estimate of drug-likeness (QED) is 0.845. The normalized spacial score (nSPS) is 15.4. The van der Waals surface area contributed by atoms with Gasteiger partial charge in [0.1, 0.15) is 5.75 Å². The number of ether oxygens (including phenoxy) is 1. The average Bonchev–Trinajstić information content (AvgIpc) is 2.48. The minimum absolute atomic E-state index is 0.180. The van der Waals surface area contributed by atoms with Crippen LogP contribution in [0, 0.1) is 0 Å². The van der Waals surface area contributed by atoms with E-state index >= 15 is 0 Å². The Labute approximate surface area is 127 Å². The number of halogens is 3. The highest BCUT2D eigenvalue weighted by Gasteiger charge is 2.31. The second kappa shape index (κ2) is 6.01. The first-order chi connectivity index (χ1) is 10.5. The molecule has 1 aliphatic rings. The molecule has 0 saturated heterocycles. The van der Waals surface area contributed by atoms with Crippen LogP contribution in [0.3, 0.4) is 0 Å². The lowest BCUT2D eigenvalue weighted by Crippen LogP contribution is -2.29. The molecule has 2 aromatic carbocycles. The van der Waals surface area contributed by atoms with Crippen LogP contribution in [-0.4, -0.2) is 17.8 Å². The van der Waals surface area contributed by atoms with Gasteiger partial charge in [-0.2, -0.15) is 0 Å². The zero-order valence-corrected chi connectivity index (χ0v) is 11.9. The Morgan fingerprint density at radius 2 is 1.64 bits per heavy atom. The molecule has 0 N–H and O–H groups in total. The van der Waals surface area contributed by atoms with Gasteiger partial charge in [-0.3, -0.25) is 4.90 Å². The molecule has 1 aliphatic heterocycles. The van der Waals surface area contributed by atoms with Gasteiger partial charge in [-0.25, -0.2) is 0 Å². The Balaban J connectivity index is 1.62. The predicted molar refractivity (Wildman–Crippen MR) is 77.4 cm³/mol. The van der Waals surface area contributed by atoms with Gasteiger partial charge in [0.15, 0.2) is 0 Å². The number of fused-ring (bicyclic) bond motifs is 1. The molecule has 0 bridgehead atoms. The molecule has 2 aromatic rings. The minimum Gasteiger partial charge on any atom is -0.406 e. The van der Waals surface area contributed by atoms with E-state index in [1.54, 1.807) is 12.1 Å². The van der Waals surface area contributed by atoms with Crippen LogP contribution in [-0.2, 0) is 19.5 Å². The Morgan fingerprint density at radius 1 is 0.955 bits per heavy atom. The van der Waals surface area contributed by atoms with Gasteiger partial charge in [-0.1, -0.05) is 36.4 Å². The van der Waals surface area contributed by atoms with Crippen LogP contribution in [0.1, 0.15) is 16.7 Å². The van der Waals surface area contributed by atoms with E-state index in [1.165, 1.54) is 23.3 Å². The summed E-state index contributed by atoms with van der Waals surface area (Å²) >= 11 is 0. The van der Waals surface area contributed by atoms with Crippen LogP contribution >= 0.6 is 0 Å². The number of hydrogen-bond donors (Lipinski definition) is 0. The highest BCUT2D eigenvalue weighted by atomic mass is 19.4. The van der Waals surface area contributed by atoms with E-state index in [0.717, 1.165) is 31.6 Å². The molecule has 2 nitrogen and oxygen atoms in total. The topological polar surface area (TPSA) is 12.5 Å². The summed E-state index contributed by atoms with van der Waals surface area (Å²) in [5, 5.41) is 0. The van der Waals surface area contributed by atoms with Crippen molar-refractivity contribution < 1.29 is 17.9 Å². The molecule has 5 heteroatoms. The van der Waals surface area contributed by atoms with Crippen molar-refractivity contribution in [2.24, 2.45) is 0 Å². The number of benzene rings is 2. The molecule has 22 heavy (non-hydrogen) atoms. The van der Waals surface area contributed by atoms with Crippen LogP contribution in [0.15, 0.2) is 48.5 Å². The van der Waals surface area contributed by atoms with Crippen molar-refractivity contribution >= 4 is 0 Å². The molecular weight excluding hydrogens is 291 g/mol. The van der Waals surface area contributed by atoms with E-state index in [9.17, 15) is 13.2 Å². The molecule has 0 spiro atoms. The highest BCUT2D eigenvalue weighted by molar-refractivity contribution is 5.30. The van der Waals surface area contributed by atoms with E-state index in [-0.39, 0.29) is 5.75 Å². The predicted octanol–water partition coefficient (Wildman–Crippen LogP) is 4.14. The van der Waals surface area contributed by atoms with Crippen molar-refractivity contribution in [1.82, 2.24) is 4.90 Å². The number of hydrogen-bond acceptors (Lipinski definition) is 2. The van der Waals surface area contributed by atoms with Gasteiger partial charge < -0.3 is 4.74 Å². The van der Waals surface area contributed by atoms with E-state index in [4.69, 9.17) is 0 Å². The molecule has 0 fully saturated rings. The van der Waals surface area contributed by atoms with Gasteiger partial charge in [0.25, 0.3) is 0 Å². The molecular formula is C17H16F3NO. The van der Waals surface area contributed by atoms with Crippen molar-refractivity contribution in [1.29, 1.82) is 0 Å². The van der Waals surface area contributed by atoms with Gasteiger partial charge in [0.05, 0.1) is 0 Å². The van der Waals surface area contributed by atoms with Crippen LogP contribution < -0.4 is 4.74 Å². The first kappa shape index (κ1) is 14.9. The molecule has 0 radical (unpaired) electrons. The minimum atomic E-state index is -4.64. The third kappa shape index (κ3) is 3.80. The summed E-state index contributed by atoms with van der Waals surface area (Å²) in [4.78, 5) is 2.29. The SMILES string of the molecule is FC(F)(F)Oc1ccc(CN2CCc3ccccc3C2)cc1. The lowest BCUT2D eigenvalue weighted by molar-refractivity contribution is -0.274. The number of alkyl halides is 3. The molecule has 116 valence electrons. The van der Waals surface area contributed by atoms with Crippen molar-refractivity contribution in [3.8, 4) is 5.75 Å². The monoisotopic (exact) mass is 307 g/mol. The first-order valence-corrected chi connectivity index (χ1v) is 7.13. The van der Waals surface area contributed by atoms with E-state index < -0.39 is 6.36 Å². The number of rotatable bonds is 3. The van der Waals surface area contributed by atoms with Gasteiger partial charge >= 0.3 is 6.36 Å². The summed E-state index contributed by atoms with van der Waals surface area (Å²) in [6.07, 6.45) is -3.64. The average molecular weight is 307 g/mol. The van der Waals surface area contributed by atoms with Crippen molar-refractivity contribution in [2.45, 2.75) is 25.9 Å². The van der Waals surface area contributed by atoms with Crippen molar-refractivity contribution in [3.05, 3.63) is 65.2 Å². The fourth-order valence-electron chi connectivity index (χ4n) is 2.74. The summed E-state index contributed by atoms with van der Waals surface area (Å²) in [5.41, 5.74) is 3.69. The Hall–Kier alpha value is -2.01. The maximum atomic E-state index is 12.1. The lowest BCUT2D eigenvalue weighted by Gasteiger charge is -2.28. The van der Waals surface area contributed by atoms with Crippen LogP contribution in [0.25, 0.3) is 0 Å². The standard InChI is InChI=1S/C17H16F3NO/c18-17(19,20)22-16-7-5-13(6-8-16)11-21-10-9-14-3-1-2-4-15(14)12-21/h1-8H,9-12H2. The first-order valence-electron chi connectivity index (χ1n) is 7.13. The van der Waals surface area contributed by atoms with Crippen molar-refractivity contribution in [2.75, 3.05) is 6.54 Å². The molecule has 0 atom stereocenters. The fraction of sp³-hybridized carbons (Fsp3) is 0.294. The maximum Gasteiger partial charge on any atom is 0.573 e. The Morgan fingerprint density at radius 3 is 2.32 bits per heavy atom. The molecule has 0 aromatic heterocycles. The van der Waals surface area contributed by atoms with Gasteiger partial charge in [-0.15, -0.1) is 13.2 Å². The van der Waals surface area contributed by atoms with Crippen LogP contribution in [0.2, 0.25) is 0 Å². The van der Waals surface area contributed by atoms with Crippen LogP contribution in [0.5, 0.6) is 5.75 Å². The molecule has 0 unspecified atom stereocenters. The zero-order chi connectivity index (χ0) is 15.6. The zero-order valence-electron chi connectivity index (χ0n) is 11.9. The second-order valence-electron chi connectivity index (χ2n) is 5.42. The Bertz CT molecular complexity index is 637. The molecule has 0 aliphatic carbocycles. The van der Waals surface area contributed by atoms with Gasteiger partial charge in [-0.05, 0) is 35.2 Å². The van der Waals surface area contributed by atoms with Gasteiger partial charge in [0, 0.05) is 19.6 Å². The van der Waals surface area contributed by atoms with Crippen molar-refractivity contribution in [3.63, 3.8) is 0 Å². The highest BCUT2D eigenvalue weighted by Crippen LogP contribution is 2.24. The van der Waals surface area contributed by atoms with E-state index in [2.05, 4.69) is 21.8 Å². The maximum absolute atomic E-state index is 12.1. The molecule has 0 amide bonds. The Kier molecular flexibility index (Phi) is 4.07. The summed E-state index contributed by atoms with van der Waals surface area (Å²) in [7, 11) is 0. The largest absolute Gasteiger partial charge is 0.573 e. The summed E-state index contributed by atoms with van der Waals surface area (Å²) in [6, 6.07) is 14.4.